The van der Waals surface area contributed by atoms with Crippen LogP contribution in [0.4, 0.5) is 0 Å². The Balaban J connectivity index is 0.000000219. The van der Waals surface area contributed by atoms with Gasteiger partial charge in [0.2, 0.25) is 0 Å². The number of benzene rings is 6. The second-order valence-electron chi connectivity index (χ2n) is 11.5. The predicted molar refractivity (Wildman–Crippen MR) is 232 cm³/mol. The Bertz CT molecular complexity index is 1830. The molecule has 10 rings (SSSR count). The predicted octanol–water partition coefficient (Wildman–Crippen LogP) is 15.7. The molecule has 6 aromatic rings. The highest BCUT2D eigenvalue weighted by Gasteiger charge is 2.36. The number of hydrogen-bond acceptors (Lipinski definition) is 0. The zero-order chi connectivity index (χ0) is 38.2. The first kappa shape index (κ1) is 41.7. The summed E-state index contributed by atoms with van der Waals surface area (Å²) in [5, 5.41) is 0. The highest BCUT2D eigenvalue weighted by atomic mass is 14.4. The van der Waals surface area contributed by atoms with Gasteiger partial charge in [0, 0.05) is 11.8 Å². The maximum absolute atomic E-state index is 2.31. The van der Waals surface area contributed by atoms with Crippen LogP contribution < -0.4 is 0 Å². The third-order valence-electron chi connectivity index (χ3n) is 9.59. The first-order chi connectivity index (χ1) is 25.9. The van der Waals surface area contributed by atoms with Crippen molar-refractivity contribution in [3.05, 3.63) is 189 Å². The van der Waals surface area contributed by atoms with Gasteiger partial charge in [-0.15, -0.1) is 0 Å². The molecule has 4 aliphatic rings. The molecule has 0 saturated heterocycles. The van der Waals surface area contributed by atoms with Crippen molar-refractivity contribution in [2.45, 2.75) is 108 Å². The Labute approximate surface area is 318 Å². The third kappa shape index (κ3) is 7.73. The number of hydrogen-bond donors (Lipinski definition) is 0. The minimum atomic E-state index is 0.447. The van der Waals surface area contributed by atoms with Gasteiger partial charge < -0.3 is 0 Å². The molecule has 4 aliphatic carbocycles. The van der Waals surface area contributed by atoms with Gasteiger partial charge in [-0.1, -0.05) is 217 Å². The summed E-state index contributed by atoms with van der Waals surface area (Å²) in [6, 6.07) is 49.2. The second kappa shape index (κ2) is 21.0. The van der Waals surface area contributed by atoms with E-state index >= 15 is 0 Å². The molecule has 0 radical (unpaired) electrons. The van der Waals surface area contributed by atoms with Crippen LogP contribution in [0.2, 0.25) is 0 Å². The monoisotopic (exact) mass is 689 g/mol. The molecule has 0 amide bonds. The van der Waals surface area contributed by atoms with E-state index in [1.807, 2.05) is 83.1 Å². The van der Waals surface area contributed by atoms with Gasteiger partial charge in [-0.3, -0.25) is 0 Å². The fraction of sp³-hybridized carbons (Fsp3) is 0.308. The van der Waals surface area contributed by atoms with Crippen molar-refractivity contribution in [3.63, 3.8) is 0 Å². The van der Waals surface area contributed by atoms with Crippen molar-refractivity contribution in [2.75, 3.05) is 0 Å². The summed E-state index contributed by atoms with van der Waals surface area (Å²) < 4.78 is 0. The van der Waals surface area contributed by atoms with E-state index in [-0.39, 0.29) is 0 Å². The van der Waals surface area contributed by atoms with E-state index in [4.69, 9.17) is 0 Å². The first-order valence-electron chi connectivity index (χ1n) is 20.4. The van der Waals surface area contributed by atoms with E-state index in [9.17, 15) is 0 Å². The van der Waals surface area contributed by atoms with E-state index in [0.717, 1.165) is 12.8 Å². The van der Waals surface area contributed by atoms with E-state index < -0.39 is 0 Å². The summed E-state index contributed by atoms with van der Waals surface area (Å²) in [5.74, 6) is 0.893. The molecular formula is C52H64. The first-order valence-corrected chi connectivity index (χ1v) is 20.4. The average molecular weight is 689 g/mol. The highest BCUT2D eigenvalue weighted by molar-refractivity contribution is 5.84. The Kier molecular flexibility index (Phi) is 16.8. The zero-order valence-electron chi connectivity index (χ0n) is 34.3. The van der Waals surface area contributed by atoms with Gasteiger partial charge in [0.15, 0.2) is 0 Å². The van der Waals surface area contributed by atoms with Crippen LogP contribution in [-0.2, 0) is 12.8 Å². The van der Waals surface area contributed by atoms with Gasteiger partial charge >= 0.3 is 0 Å². The lowest BCUT2D eigenvalue weighted by atomic mass is 9.77. The summed E-state index contributed by atoms with van der Waals surface area (Å²) >= 11 is 0. The molecule has 0 aromatic heterocycles. The molecule has 0 aliphatic heterocycles. The van der Waals surface area contributed by atoms with E-state index in [0.29, 0.717) is 11.8 Å². The maximum atomic E-state index is 2.31. The van der Waals surface area contributed by atoms with Crippen molar-refractivity contribution >= 4 is 0 Å². The van der Waals surface area contributed by atoms with Crippen molar-refractivity contribution in [2.24, 2.45) is 0 Å². The normalized spacial score (nSPS) is 14.0. The molecule has 0 nitrogen and oxygen atoms in total. The van der Waals surface area contributed by atoms with Crippen LogP contribution in [0.5, 0.6) is 0 Å². The zero-order valence-corrected chi connectivity index (χ0v) is 34.3. The van der Waals surface area contributed by atoms with Crippen LogP contribution in [0, 0.1) is 0 Å². The van der Waals surface area contributed by atoms with Gasteiger partial charge in [-0.2, -0.15) is 0 Å². The molecule has 272 valence electrons. The molecule has 0 heterocycles. The average Bonchev–Trinajstić information content (AvgIpc) is 3.78. The van der Waals surface area contributed by atoms with Crippen LogP contribution in [0.15, 0.2) is 133 Å². The molecular weight excluding hydrogens is 625 g/mol. The standard InChI is InChI=1S/2C20H14.6C2H6/c2*1-2-8-15-13(6-1)12-14-7-5-11-17-16-9-3-4-10-18(16)20(15)19(14)17;6*1-2/h2*1-11,20H,12H2;6*1-2H3. The summed E-state index contributed by atoms with van der Waals surface area (Å²) in [6.45, 7) is 24.0. The minimum absolute atomic E-state index is 0.447. The molecule has 2 unspecified atom stereocenters. The third-order valence-corrected chi connectivity index (χ3v) is 9.59. The number of rotatable bonds is 0. The van der Waals surface area contributed by atoms with Gasteiger partial charge in [0.1, 0.15) is 0 Å². The summed E-state index contributed by atoms with van der Waals surface area (Å²) in [4.78, 5) is 0. The largest absolute Gasteiger partial charge is 0.0683 e. The van der Waals surface area contributed by atoms with Gasteiger partial charge in [-0.05, 0) is 90.7 Å². The van der Waals surface area contributed by atoms with E-state index in [2.05, 4.69) is 133 Å². The van der Waals surface area contributed by atoms with Crippen molar-refractivity contribution in [1.29, 1.82) is 0 Å². The minimum Gasteiger partial charge on any atom is -0.0683 e. The molecule has 0 saturated carbocycles. The van der Waals surface area contributed by atoms with Crippen LogP contribution in [0.3, 0.4) is 0 Å². The van der Waals surface area contributed by atoms with Gasteiger partial charge in [0.05, 0.1) is 0 Å². The Morgan fingerprint density at radius 2 is 0.538 bits per heavy atom. The SMILES string of the molecule is CC.CC.CC.CC.CC.CC.c1ccc2c(c1)Cc1cccc3c1C2c1ccccc1-3.c1ccc2c(c1)Cc1cccc3c1C2c1ccccc1-3. The Morgan fingerprint density at radius 3 is 0.904 bits per heavy atom. The maximum Gasteiger partial charge on any atom is 0.0357 e. The number of fused-ring (bicyclic) bond motifs is 10. The summed E-state index contributed by atoms with van der Waals surface area (Å²) in [7, 11) is 0. The lowest BCUT2D eigenvalue weighted by Gasteiger charge is -2.26. The summed E-state index contributed by atoms with van der Waals surface area (Å²) in [6.07, 6.45) is 2.15. The van der Waals surface area contributed by atoms with Crippen LogP contribution >= 0.6 is 0 Å². The lowest BCUT2D eigenvalue weighted by molar-refractivity contribution is 0.911. The van der Waals surface area contributed by atoms with E-state index in [1.54, 1.807) is 11.1 Å². The Hall–Kier alpha value is -4.68. The fourth-order valence-corrected chi connectivity index (χ4v) is 7.99. The molecule has 0 N–H and O–H groups in total. The van der Waals surface area contributed by atoms with Crippen LogP contribution in [0.25, 0.3) is 22.3 Å². The molecule has 0 bridgehead atoms. The Morgan fingerprint density at radius 1 is 0.269 bits per heavy atom. The highest BCUT2D eigenvalue weighted by Crippen LogP contribution is 2.54. The topological polar surface area (TPSA) is 0 Å². The molecule has 0 fully saturated rings. The van der Waals surface area contributed by atoms with Crippen LogP contribution in [0.1, 0.15) is 151 Å². The quantitative estimate of drug-likeness (QED) is 0.149. The molecule has 6 aromatic carbocycles. The molecule has 2 atom stereocenters. The van der Waals surface area contributed by atoms with E-state index in [1.165, 1.54) is 66.8 Å². The lowest BCUT2D eigenvalue weighted by Crippen LogP contribution is -2.12. The van der Waals surface area contributed by atoms with Crippen molar-refractivity contribution < 1.29 is 0 Å². The summed E-state index contributed by atoms with van der Waals surface area (Å²) in [5.41, 5.74) is 20.7. The smallest absolute Gasteiger partial charge is 0.0357 e. The molecule has 0 spiro atoms. The second-order valence-corrected chi connectivity index (χ2v) is 11.5. The van der Waals surface area contributed by atoms with Crippen molar-refractivity contribution in [3.8, 4) is 22.3 Å². The van der Waals surface area contributed by atoms with Gasteiger partial charge in [-0.25, -0.2) is 0 Å². The fourth-order valence-electron chi connectivity index (χ4n) is 7.99. The molecule has 0 heteroatoms. The van der Waals surface area contributed by atoms with Crippen molar-refractivity contribution in [1.82, 2.24) is 0 Å². The van der Waals surface area contributed by atoms with Crippen LogP contribution in [-0.4, -0.2) is 0 Å². The van der Waals surface area contributed by atoms with Gasteiger partial charge in [0.25, 0.3) is 0 Å². The molecule has 52 heavy (non-hydrogen) atoms.